The molecule has 0 N–H and O–H groups in total. The standard InChI is InChI=1S/C23H26N2O3/c1-24-20-8-7-19(16-22(20)28-23(24)27)21(26)11-14-25-12-9-18(10-13-25)15-17-5-3-2-4-6-17/h2-8,16,18H,9-15H2,1H3. The third kappa shape index (κ3) is 4.09. The summed E-state index contributed by atoms with van der Waals surface area (Å²) in [7, 11) is 1.66. The Kier molecular flexibility index (Phi) is 5.44. The molecule has 0 bridgehead atoms. The fourth-order valence-corrected chi connectivity index (χ4v) is 4.07. The molecule has 1 aliphatic rings. The first-order chi connectivity index (χ1) is 13.6. The number of oxazole rings is 1. The van der Waals surface area contributed by atoms with E-state index in [0.717, 1.165) is 32.0 Å². The molecule has 1 saturated heterocycles. The summed E-state index contributed by atoms with van der Waals surface area (Å²) >= 11 is 0. The van der Waals surface area contributed by atoms with Crippen molar-refractivity contribution in [2.24, 2.45) is 13.0 Å². The number of fused-ring (bicyclic) bond motifs is 1. The smallest absolute Gasteiger partial charge is 0.408 e. The second-order valence-electron chi connectivity index (χ2n) is 7.76. The normalized spacial score (nSPS) is 15.9. The van der Waals surface area contributed by atoms with Crippen molar-refractivity contribution in [3.63, 3.8) is 0 Å². The molecule has 0 amide bonds. The summed E-state index contributed by atoms with van der Waals surface area (Å²) in [5, 5.41) is 0. The van der Waals surface area contributed by atoms with E-state index in [1.807, 2.05) is 0 Å². The summed E-state index contributed by atoms with van der Waals surface area (Å²) in [5.74, 6) is 0.426. The number of ketones is 1. The average molecular weight is 378 g/mol. The molecule has 0 radical (unpaired) electrons. The molecule has 3 aromatic rings. The number of aromatic nitrogens is 1. The lowest BCUT2D eigenvalue weighted by atomic mass is 9.90. The largest absolute Gasteiger partial charge is 0.419 e. The minimum Gasteiger partial charge on any atom is -0.408 e. The molecular formula is C23H26N2O3. The van der Waals surface area contributed by atoms with Gasteiger partial charge in [-0.1, -0.05) is 30.3 Å². The Hall–Kier alpha value is -2.66. The third-order valence-corrected chi connectivity index (χ3v) is 5.84. The zero-order valence-corrected chi connectivity index (χ0v) is 16.3. The van der Waals surface area contributed by atoms with Gasteiger partial charge in [-0.3, -0.25) is 9.36 Å². The van der Waals surface area contributed by atoms with Gasteiger partial charge in [0.1, 0.15) is 0 Å². The van der Waals surface area contributed by atoms with E-state index in [1.54, 1.807) is 25.2 Å². The van der Waals surface area contributed by atoms with Crippen LogP contribution in [0.15, 0.2) is 57.7 Å². The highest BCUT2D eigenvalue weighted by atomic mass is 16.4. The van der Waals surface area contributed by atoms with Crippen LogP contribution in [0.1, 0.15) is 35.2 Å². The lowest BCUT2D eigenvalue weighted by Crippen LogP contribution is -2.35. The lowest BCUT2D eigenvalue weighted by Gasteiger charge is -2.31. The van der Waals surface area contributed by atoms with Crippen LogP contribution in [-0.2, 0) is 13.5 Å². The van der Waals surface area contributed by atoms with Gasteiger partial charge in [0.25, 0.3) is 0 Å². The third-order valence-electron chi connectivity index (χ3n) is 5.84. The van der Waals surface area contributed by atoms with Crippen molar-refractivity contribution in [2.75, 3.05) is 19.6 Å². The molecule has 28 heavy (non-hydrogen) atoms. The van der Waals surface area contributed by atoms with Crippen molar-refractivity contribution in [1.82, 2.24) is 9.47 Å². The molecule has 2 heterocycles. The Balaban J connectivity index is 1.28. The Morgan fingerprint density at radius 1 is 1.11 bits per heavy atom. The SMILES string of the molecule is Cn1c(=O)oc2cc(C(=O)CCN3CCC(Cc4ccccc4)CC3)ccc21. The summed E-state index contributed by atoms with van der Waals surface area (Å²) in [6.45, 7) is 2.89. The summed E-state index contributed by atoms with van der Waals surface area (Å²) in [4.78, 5) is 26.6. The van der Waals surface area contributed by atoms with Gasteiger partial charge < -0.3 is 9.32 Å². The molecule has 5 nitrogen and oxygen atoms in total. The van der Waals surface area contributed by atoms with E-state index < -0.39 is 5.76 Å². The Morgan fingerprint density at radius 2 is 1.86 bits per heavy atom. The minimum absolute atomic E-state index is 0.0970. The highest BCUT2D eigenvalue weighted by Gasteiger charge is 2.20. The van der Waals surface area contributed by atoms with Crippen LogP contribution in [0.25, 0.3) is 11.1 Å². The van der Waals surface area contributed by atoms with E-state index in [9.17, 15) is 9.59 Å². The van der Waals surface area contributed by atoms with Crippen LogP contribution in [0.2, 0.25) is 0 Å². The minimum atomic E-state index is -0.405. The molecule has 0 spiro atoms. The maximum atomic E-state index is 12.6. The molecule has 1 aliphatic heterocycles. The van der Waals surface area contributed by atoms with Crippen LogP contribution in [0.5, 0.6) is 0 Å². The number of carbonyl (C=O) groups is 1. The van der Waals surface area contributed by atoms with Gasteiger partial charge in [0.2, 0.25) is 0 Å². The quantitative estimate of drug-likeness (QED) is 0.614. The number of nitrogens with zero attached hydrogens (tertiary/aromatic N) is 2. The first-order valence-corrected chi connectivity index (χ1v) is 9.99. The number of carbonyl (C=O) groups excluding carboxylic acids is 1. The molecule has 1 aromatic heterocycles. The van der Waals surface area contributed by atoms with E-state index in [2.05, 4.69) is 35.2 Å². The van der Waals surface area contributed by atoms with Crippen LogP contribution in [-0.4, -0.2) is 34.9 Å². The van der Waals surface area contributed by atoms with Gasteiger partial charge in [0.15, 0.2) is 11.4 Å². The number of rotatable bonds is 6. The molecule has 2 aromatic carbocycles. The topological polar surface area (TPSA) is 55.5 Å². The van der Waals surface area contributed by atoms with Gasteiger partial charge in [0, 0.05) is 25.6 Å². The van der Waals surface area contributed by atoms with Crippen molar-refractivity contribution in [2.45, 2.75) is 25.7 Å². The van der Waals surface area contributed by atoms with Crippen molar-refractivity contribution in [3.05, 3.63) is 70.2 Å². The van der Waals surface area contributed by atoms with E-state index in [1.165, 1.54) is 23.0 Å². The lowest BCUT2D eigenvalue weighted by molar-refractivity contribution is 0.0951. The van der Waals surface area contributed by atoms with Gasteiger partial charge in [-0.05, 0) is 62.0 Å². The fraction of sp³-hybridized carbons (Fsp3) is 0.391. The number of Topliss-reactive ketones (excluding diaryl/α,β-unsaturated/α-hetero) is 1. The summed E-state index contributed by atoms with van der Waals surface area (Å²) in [6.07, 6.45) is 4.01. The van der Waals surface area contributed by atoms with Crippen LogP contribution < -0.4 is 5.76 Å². The molecule has 4 rings (SSSR count). The number of piperidine rings is 1. The van der Waals surface area contributed by atoms with Gasteiger partial charge in [-0.25, -0.2) is 4.79 Å². The number of aryl methyl sites for hydroxylation is 1. The van der Waals surface area contributed by atoms with Crippen molar-refractivity contribution < 1.29 is 9.21 Å². The molecule has 5 heteroatoms. The highest BCUT2D eigenvalue weighted by molar-refractivity contribution is 5.98. The first-order valence-electron chi connectivity index (χ1n) is 9.99. The second-order valence-corrected chi connectivity index (χ2v) is 7.76. The Labute approximate surface area is 164 Å². The van der Waals surface area contributed by atoms with Crippen LogP contribution >= 0.6 is 0 Å². The van der Waals surface area contributed by atoms with Crippen LogP contribution in [0, 0.1) is 5.92 Å². The van der Waals surface area contributed by atoms with E-state index in [0.29, 0.717) is 23.1 Å². The molecule has 146 valence electrons. The maximum absolute atomic E-state index is 12.6. The van der Waals surface area contributed by atoms with Crippen LogP contribution in [0.3, 0.4) is 0 Å². The number of hydrogen-bond acceptors (Lipinski definition) is 4. The zero-order chi connectivity index (χ0) is 19.5. The molecule has 0 atom stereocenters. The van der Waals surface area contributed by atoms with Gasteiger partial charge in [-0.2, -0.15) is 0 Å². The number of benzene rings is 2. The fourth-order valence-electron chi connectivity index (χ4n) is 4.07. The number of hydrogen-bond donors (Lipinski definition) is 0. The highest BCUT2D eigenvalue weighted by Crippen LogP contribution is 2.22. The molecule has 1 fully saturated rings. The average Bonchev–Trinajstić information content (AvgIpc) is 3.01. The second kappa shape index (κ2) is 8.15. The molecular weight excluding hydrogens is 352 g/mol. The van der Waals surface area contributed by atoms with Crippen LogP contribution in [0.4, 0.5) is 0 Å². The van der Waals surface area contributed by atoms with Crippen molar-refractivity contribution in [1.29, 1.82) is 0 Å². The molecule has 0 saturated carbocycles. The Morgan fingerprint density at radius 3 is 2.61 bits per heavy atom. The van der Waals surface area contributed by atoms with Gasteiger partial charge >= 0.3 is 5.76 Å². The van der Waals surface area contributed by atoms with E-state index in [4.69, 9.17) is 4.42 Å². The summed E-state index contributed by atoms with van der Waals surface area (Å²) in [5.41, 5.74) is 3.21. The molecule has 0 aliphatic carbocycles. The summed E-state index contributed by atoms with van der Waals surface area (Å²) < 4.78 is 6.64. The van der Waals surface area contributed by atoms with Gasteiger partial charge in [-0.15, -0.1) is 0 Å². The predicted molar refractivity (Wildman–Crippen MR) is 110 cm³/mol. The zero-order valence-electron chi connectivity index (χ0n) is 16.3. The van der Waals surface area contributed by atoms with Crippen molar-refractivity contribution >= 4 is 16.9 Å². The van der Waals surface area contributed by atoms with E-state index >= 15 is 0 Å². The predicted octanol–water partition coefficient (Wildman–Crippen LogP) is 3.66. The van der Waals surface area contributed by atoms with E-state index in [-0.39, 0.29) is 5.78 Å². The maximum Gasteiger partial charge on any atom is 0.419 e. The first kappa shape index (κ1) is 18.7. The van der Waals surface area contributed by atoms with Gasteiger partial charge in [0.05, 0.1) is 5.52 Å². The molecule has 0 unspecified atom stereocenters. The summed E-state index contributed by atoms with van der Waals surface area (Å²) in [6, 6.07) is 15.9. The number of likely N-dealkylation sites (tertiary alicyclic amines) is 1. The monoisotopic (exact) mass is 378 g/mol. The Bertz CT molecular complexity index is 1010. The van der Waals surface area contributed by atoms with Crippen molar-refractivity contribution in [3.8, 4) is 0 Å².